The molecule has 0 atom stereocenters. The summed E-state index contributed by atoms with van der Waals surface area (Å²) >= 11 is 6.04. The minimum Gasteiger partial charge on any atom is -0.436 e. The molecule has 2 aromatic carbocycles. The Kier molecular flexibility index (Phi) is 4.81. The molecule has 1 aromatic heterocycles. The molecule has 4 nitrogen and oxygen atoms in total. The Hall–Kier alpha value is -2.40. The molecule has 1 heterocycles. The summed E-state index contributed by atoms with van der Waals surface area (Å²) in [5.41, 5.74) is 2.34. The third kappa shape index (κ3) is 3.57. The van der Waals surface area contributed by atoms with Crippen molar-refractivity contribution in [3.8, 4) is 11.5 Å². The Morgan fingerprint density at radius 2 is 2.12 bits per heavy atom. The first kappa shape index (κ1) is 16.5. The summed E-state index contributed by atoms with van der Waals surface area (Å²) in [6, 6.07) is 9.27. The number of anilines is 1. The Labute approximate surface area is 143 Å². The van der Waals surface area contributed by atoms with Crippen LogP contribution in [0.4, 0.5) is 10.1 Å². The average molecular weight is 347 g/mol. The molecule has 0 bridgehead atoms. The summed E-state index contributed by atoms with van der Waals surface area (Å²) in [7, 11) is 0. The molecule has 0 aliphatic carbocycles. The van der Waals surface area contributed by atoms with Crippen LogP contribution in [0.2, 0.25) is 5.02 Å². The van der Waals surface area contributed by atoms with Gasteiger partial charge in [-0.3, -0.25) is 4.79 Å². The van der Waals surface area contributed by atoms with Crippen LogP contribution in [0.5, 0.6) is 0 Å². The molecule has 0 saturated heterocycles. The van der Waals surface area contributed by atoms with Crippen LogP contribution in [-0.4, -0.2) is 10.9 Å². The predicted octanol–water partition coefficient (Wildman–Crippen LogP) is 5.42. The van der Waals surface area contributed by atoms with Crippen molar-refractivity contribution in [2.24, 2.45) is 0 Å². The molecule has 3 rings (SSSR count). The monoisotopic (exact) mass is 346 g/mol. The number of unbranched alkanes of at least 4 members (excludes halogenated alkanes) is 1. The Bertz CT molecular complexity index is 892. The SMILES string of the molecule is CCCCC(=O)Nc1ccc2oc(-c3ccc(F)cc3Cl)nc2c1. The van der Waals surface area contributed by atoms with Crippen molar-refractivity contribution in [1.29, 1.82) is 0 Å². The van der Waals surface area contributed by atoms with Gasteiger partial charge >= 0.3 is 0 Å². The number of halogens is 2. The summed E-state index contributed by atoms with van der Waals surface area (Å²) in [5.74, 6) is -0.136. The molecule has 24 heavy (non-hydrogen) atoms. The quantitative estimate of drug-likeness (QED) is 0.671. The maximum atomic E-state index is 13.2. The van der Waals surface area contributed by atoms with Gasteiger partial charge in [0, 0.05) is 12.1 Å². The van der Waals surface area contributed by atoms with Gasteiger partial charge in [-0.05, 0) is 42.8 Å². The molecule has 0 radical (unpaired) electrons. The van der Waals surface area contributed by atoms with Crippen LogP contribution in [0.1, 0.15) is 26.2 Å². The van der Waals surface area contributed by atoms with E-state index in [0.717, 1.165) is 12.8 Å². The first-order valence-electron chi connectivity index (χ1n) is 7.72. The first-order chi connectivity index (χ1) is 11.6. The number of aromatic nitrogens is 1. The van der Waals surface area contributed by atoms with E-state index in [1.165, 1.54) is 18.2 Å². The second-order valence-electron chi connectivity index (χ2n) is 5.48. The van der Waals surface area contributed by atoms with E-state index in [1.54, 1.807) is 18.2 Å². The zero-order chi connectivity index (χ0) is 17.1. The van der Waals surface area contributed by atoms with Crippen molar-refractivity contribution in [3.05, 3.63) is 47.2 Å². The molecule has 1 amide bonds. The zero-order valence-corrected chi connectivity index (χ0v) is 13.9. The molecule has 0 saturated carbocycles. The molecule has 124 valence electrons. The van der Waals surface area contributed by atoms with Gasteiger partial charge in [-0.1, -0.05) is 24.9 Å². The molecule has 0 aliphatic rings. The molecule has 1 N–H and O–H groups in total. The second kappa shape index (κ2) is 7.01. The normalized spacial score (nSPS) is 11.0. The lowest BCUT2D eigenvalue weighted by molar-refractivity contribution is -0.116. The van der Waals surface area contributed by atoms with Crippen molar-refractivity contribution >= 4 is 34.3 Å². The van der Waals surface area contributed by atoms with E-state index < -0.39 is 5.82 Å². The van der Waals surface area contributed by atoms with E-state index in [4.69, 9.17) is 16.0 Å². The highest BCUT2D eigenvalue weighted by Gasteiger charge is 2.13. The van der Waals surface area contributed by atoms with E-state index in [2.05, 4.69) is 10.3 Å². The van der Waals surface area contributed by atoms with Crippen molar-refractivity contribution in [3.63, 3.8) is 0 Å². The fraction of sp³-hybridized carbons (Fsp3) is 0.222. The van der Waals surface area contributed by atoms with Gasteiger partial charge in [-0.2, -0.15) is 0 Å². The van der Waals surface area contributed by atoms with Gasteiger partial charge in [-0.25, -0.2) is 9.37 Å². The molecular weight excluding hydrogens is 331 g/mol. The van der Waals surface area contributed by atoms with Crippen LogP contribution in [0, 0.1) is 5.82 Å². The molecule has 6 heteroatoms. The standard InChI is InChI=1S/C18H16ClFN2O2/c1-2-3-4-17(23)21-12-6-8-16-15(10-12)22-18(24-16)13-7-5-11(20)9-14(13)19/h5-10H,2-4H2,1H3,(H,21,23). The average Bonchev–Trinajstić information content (AvgIpc) is 2.95. The number of carbonyl (C=O) groups excluding carboxylic acids is 1. The van der Waals surface area contributed by atoms with Crippen LogP contribution in [-0.2, 0) is 4.79 Å². The first-order valence-corrected chi connectivity index (χ1v) is 8.10. The molecule has 0 fully saturated rings. The lowest BCUT2D eigenvalue weighted by Gasteiger charge is -2.03. The topological polar surface area (TPSA) is 55.1 Å². The predicted molar refractivity (Wildman–Crippen MR) is 92.6 cm³/mol. The minimum atomic E-state index is -0.420. The van der Waals surface area contributed by atoms with E-state index in [9.17, 15) is 9.18 Å². The maximum Gasteiger partial charge on any atom is 0.228 e. The Morgan fingerprint density at radius 3 is 2.88 bits per heavy atom. The molecule has 3 aromatic rings. The van der Waals surface area contributed by atoms with Gasteiger partial charge in [0.15, 0.2) is 5.58 Å². The van der Waals surface area contributed by atoms with Crippen LogP contribution < -0.4 is 5.32 Å². The number of nitrogens with one attached hydrogen (secondary N) is 1. The van der Waals surface area contributed by atoms with Gasteiger partial charge < -0.3 is 9.73 Å². The zero-order valence-electron chi connectivity index (χ0n) is 13.1. The smallest absolute Gasteiger partial charge is 0.228 e. The Balaban J connectivity index is 1.87. The number of hydrogen-bond acceptors (Lipinski definition) is 3. The van der Waals surface area contributed by atoms with Crippen LogP contribution in [0.3, 0.4) is 0 Å². The third-order valence-electron chi connectivity index (χ3n) is 3.59. The van der Waals surface area contributed by atoms with Crippen molar-refractivity contribution < 1.29 is 13.6 Å². The summed E-state index contributed by atoms with van der Waals surface area (Å²) < 4.78 is 18.8. The van der Waals surface area contributed by atoms with Gasteiger partial charge in [-0.15, -0.1) is 0 Å². The number of rotatable bonds is 5. The van der Waals surface area contributed by atoms with Crippen molar-refractivity contribution in [2.75, 3.05) is 5.32 Å². The molecular formula is C18H16ClFN2O2. The number of fused-ring (bicyclic) bond motifs is 1. The second-order valence-corrected chi connectivity index (χ2v) is 5.88. The van der Waals surface area contributed by atoms with Crippen molar-refractivity contribution in [2.45, 2.75) is 26.2 Å². The van der Waals surface area contributed by atoms with Crippen molar-refractivity contribution in [1.82, 2.24) is 4.98 Å². The number of carbonyl (C=O) groups is 1. The summed E-state index contributed by atoms with van der Waals surface area (Å²) in [6.07, 6.45) is 2.31. The molecule has 0 unspecified atom stereocenters. The van der Waals surface area contributed by atoms with Gasteiger partial charge in [0.25, 0.3) is 0 Å². The highest BCUT2D eigenvalue weighted by Crippen LogP contribution is 2.31. The lowest BCUT2D eigenvalue weighted by Crippen LogP contribution is -2.10. The maximum absolute atomic E-state index is 13.2. The van der Waals surface area contributed by atoms with Gasteiger partial charge in [0.2, 0.25) is 11.8 Å². The third-order valence-corrected chi connectivity index (χ3v) is 3.90. The highest BCUT2D eigenvalue weighted by atomic mass is 35.5. The number of benzene rings is 2. The van der Waals surface area contributed by atoms with Gasteiger partial charge in [0.1, 0.15) is 11.3 Å². The highest BCUT2D eigenvalue weighted by molar-refractivity contribution is 6.33. The van der Waals surface area contributed by atoms with Gasteiger partial charge in [0.05, 0.1) is 10.6 Å². The van der Waals surface area contributed by atoms with E-state index in [1.807, 2.05) is 6.92 Å². The molecule has 0 spiro atoms. The lowest BCUT2D eigenvalue weighted by atomic mass is 10.2. The molecule has 0 aliphatic heterocycles. The van der Waals surface area contributed by atoms with Crippen LogP contribution in [0.25, 0.3) is 22.6 Å². The number of nitrogens with zero attached hydrogens (tertiary/aromatic N) is 1. The number of hydrogen-bond donors (Lipinski definition) is 1. The minimum absolute atomic E-state index is 0.0264. The van der Waals surface area contributed by atoms with E-state index in [0.29, 0.717) is 34.7 Å². The number of amides is 1. The summed E-state index contributed by atoms with van der Waals surface area (Å²) in [6.45, 7) is 2.04. The fourth-order valence-electron chi connectivity index (χ4n) is 2.34. The Morgan fingerprint density at radius 1 is 1.29 bits per heavy atom. The largest absolute Gasteiger partial charge is 0.436 e. The summed E-state index contributed by atoms with van der Waals surface area (Å²) in [5, 5.41) is 3.07. The van der Waals surface area contributed by atoms with E-state index in [-0.39, 0.29) is 10.9 Å². The number of oxazole rings is 1. The summed E-state index contributed by atoms with van der Waals surface area (Å²) in [4.78, 5) is 16.2. The van der Waals surface area contributed by atoms with E-state index >= 15 is 0 Å². The van der Waals surface area contributed by atoms with Crippen LogP contribution >= 0.6 is 11.6 Å². The fourth-order valence-corrected chi connectivity index (χ4v) is 2.59. The van der Waals surface area contributed by atoms with Crippen LogP contribution in [0.15, 0.2) is 40.8 Å².